The van der Waals surface area contributed by atoms with Crippen LogP contribution in [0.3, 0.4) is 0 Å². The van der Waals surface area contributed by atoms with Gasteiger partial charge in [0.1, 0.15) is 0 Å². The highest BCUT2D eigenvalue weighted by atomic mass is 32.2. The van der Waals surface area contributed by atoms with Crippen LogP contribution in [0.4, 0.5) is 5.69 Å². The second-order valence-electron chi connectivity index (χ2n) is 4.70. The van der Waals surface area contributed by atoms with Gasteiger partial charge in [0.15, 0.2) is 0 Å². The maximum absolute atomic E-state index is 12.0. The maximum atomic E-state index is 12.0. The number of benzene rings is 1. The number of nitrogens with one attached hydrogen (secondary N) is 1. The molecule has 0 unspecified atom stereocenters. The molecular weight excluding hydrogens is 300 g/mol. The van der Waals surface area contributed by atoms with Crippen molar-refractivity contribution in [2.75, 3.05) is 17.3 Å². The molecule has 0 saturated carbocycles. The molecule has 0 aliphatic rings. The first-order valence-electron chi connectivity index (χ1n) is 6.58. The van der Waals surface area contributed by atoms with Gasteiger partial charge in [0.2, 0.25) is 5.91 Å². The number of carbonyl (C=O) groups excluding carboxylic acids is 1. The van der Waals surface area contributed by atoms with Gasteiger partial charge in [-0.1, -0.05) is 17.7 Å². The van der Waals surface area contributed by atoms with Crippen molar-refractivity contribution in [3.05, 3.63) is 47.7 Å². The van der Waals surface area contributed by atoms with E-state index in [2.05, 4.69) is 42.3 Å². The number of hydrogen-bond donors (Lipinski definition) is 1. The van der Waals surface area contributed by atoms with Crippen LogP contribution in [0.2, 0.25) is 0 Å². The molecule has 110 valence electrons. The van der Waals surface area contributed by atoms with Gasteiger partial charge in [0.05, 0.1) is 22.7 Å². The van der Waals surface area contributed by atoms with Crippen LogP contribution in [-0.4, -0.2) is 22.9 Å². The highest BCUT2D eigenvalue weighted by Crippen LogP contribution is 2.23. The van der Waals surface area contributed by atoms with Crippen molar-refractivity contribution < 1.29 is 4.79 Å². The molecule has 0 fully saturated rings. The van der Waals surface area contributed by atoms with Crippen LogP contribution in [0.1, 0.15) is 11.1 Å². The number of thioether (sulfide) groups is 2. The third-order valence-corrected chi connectivity index (χ3v) is 4.75. The summed E-state index contributed by atoms with van der Waals surface area (Å²) < 4.78 is 0. The van der Waals surface area contributed by atoms with Crippen molar-refractivity contribution in [1.29, 1.82) is 0 Å². The highest BCUT2D eigenvalue weighted by molar-refractivity contribution is 8.00. The largest absolute Gasteiger partial charge is 0.324 e. The van der Waals surface area contributed by atoms with Gasteiger partial charge >= 0.3 is 0 Å². The lowest BCUT2D eigenvalue weighted by atomic mass is 10.2. The van der Waals surface area contributed by atoms with Crippen molar-refractivity contribution in [3.8, 4) is 0 Å². The number of pyridine rings is 1. The van der Waals surface area contributed by atoms with Crippen LogP contribution in [-0.2, 0) is 4.79 Å². The van der Waals surface area contributed by atoms with Crippen molar-refractivity contribution in [3.63, 3.8) is 0 Å². The van der Waals surface area contributed by atoms with Crippen LogP contribution in [0.5, 0.6) is 0 Å². The lowest BCUT2D eigenvalue weighted by molar-refractivity contribution is -0.113. The molecule has 0 atom stereocenters. The van der Waals surface area contributed by atoms with Gasteiger partial charge < -0.3 is 5.32 Å². The van der Waals surface area contributed by atoms with Crippen molar-refractivity contribution >= 4 is 35.1 Å². The number of amides is 1. The van der Waals surface area contributed by atoms with E-state index in [1.54, 1.807) is 29.7 Å². The molecule has 1 aromatic heterocycles. The van der Waals surface area contributed by atoms with E-state index in [0.29, 0.717) is 5.75 Å². The summed E-state index contributed by atoms with van der Waals surface area (Å²) in [5.74, 6) is 0.383. The minimum atomic E-state index is -0.0143. The van der Waals surface area contributed by atoms with E-state index in [1.807, 2.05) is 18.4 Å². The van der Waals surface area contributed by atoms with E-state index in [4.69, 9.17) is 0 Å². The highest BCUT2D eigenvalue weighted by Gasteiger charge is 2.06. The Morgan fingerprint density at radius 2 is 2.05 bits per heavy atom. The van der Waals surface area contributed by atoms with Crippen molar-refractivity contribution in [1.82, 2.24) is 4.98 Å². The SMILES string of the molecule is CSc1ccc(NC(=O)CSc2cc(C)ccc2C)cn1. The summed E-state index contributed by atoms with van der Waals surface area (Å²) >= 11 is 3.14. The molecule has 1 amide bonds. The average Bonchev–Trinajstić information content (AvgIpc) is 2.49. The van der Waals surface area contributed by atoms with Gasteiger partial charge in [0, 0.05) is 4.90 Å². The maximum Gasteiger partial charge on any atom is 0.234 e. The Hall–Kier alpha value is -1.46. The van der Waals surface area contributed by atoms with Crippen LogP contribution in [0, 0.1) is 13.8 Å². The molecule has 0 saturated heterocycles. The normalized spacial score (nSPS) is 10.4. The second kappa shape index (κ2) is 7.52. The summed E-state index contributed by atoms with van der Waals surface area (Å²) in [4.78, 5) is 17.4. The molecule has 5 heteroatoms. The molecule has 0 aliphatic heterocycles. The molecule has 1 N–H and O–H groups in total. The quantitative estimate of drug-likeness (QED) is 0.841. The van der Waals surface area contributed by atoms with E-state index in [-0.39, 0.29) is 5.91 Å². The zero-order chi connectivity index (χ0) is 15.2. The Morgan fingerprint density at radius 3 is 2.71 bits per heavy atom. The molecule has 21 heavy (non-hydrogen) atoms. The number of nitrogens with zero attached hydrogens (tertiary/aromatic N) is 1. The molecule has 0 aliphatic carbocycles. The van der Waals surface area contributed by atoms with Crippen LogP contribution in [0.15, 0.2) is 46.5 Å². The monoisotopic (exact) mass is 318 g/mol. The van der Waals surface area contributed by atoms with Gasteiger partial charge in [-0.15, -0.1) is 23.5 Å². The molecule has 3 nitrogen and oxygen atoms in total. The molecule has 0 spiro atoms. The molecule has 1 heterocycles. The van der Waals surface area contributed by atoms with Crippen molar-refractivity contribution in [2.24, 2.45) is 0 Å². The fourth-order valence-corrected chi connectivity index (χ4v) is 3.06. The zero-order valence-corrected chi connectivity index (χ0v) is 14.0. The molecule has 0 radical (unpaired) electrons. The summed E-state index contributed by atoms with van der Waals surface area (Å²) in [5, 5.41) is 3.81. The Kier molecular flexibility index (Phi) is 5.70. The summed E-state index contributed by atoms with van der Waals surface area (Å²) in [6.45, 7) is 4.12. The Labute approximate surface area is 133 Å². The summed E-state index contributed by atoms with van der Waals surface area (Å²) in [5.41, 5.74) is 3.14. The molecule has 2 rings (SSSR count). The Morgan fingerprint density at radius 1 is 1.24 bits per heavy atom. The summed E-state index contributed by atoms with van der Waals surface area (Å²) in [6.07, 6.45) is 3.66. The smallest absolute Gasteiger partial charge is 0.234 e. The molecular formula is C16H18N2OS2. The van der Waals surface area contributed by atoms with Gasteiger partial charge in [0.25, 0.3) is 0 Å². The zero-order valence-electron chi connectivity index (χ0n) is 12.3. The fourth-order valence-electron chi connectivity index (χ4n) is 1.78. The first-order valence-corrected chi connectivity index (χ1v) is 8.79. The average molecular weight is 318 g/mol. The number of hydrogen-bond acceptors (Lipinski definition) is 4. The predicted molar refractivity (Wildman–Crippen MR) is 91.3 cm³/mol. The first-order chi connectivity index (χ1) is 10.1. The van der Waals surface area contributed by atoms with Gasteiger partial charge in [-0.25, -0.2) is 4.98 Å². The van der Waals surface area contributed by atoms with Gasteiger partial charge in [-0.3, -0.25) is 4.79 Å². The van der Waals surface area contributed by atoms with Gasteiger partial charge in [-0.2, -0.15) is 0 Å². The minimum absolute atomic E-state index is 0.0143. The third kappa shape index (κ3) is 4.79. The third-order valence-electron chi connectivity index (χ3n) is 2.93. The van der Waals surface area contributed by atoms with Crippen molar-refractivity contribution in [2.45, 2.75) is 23.8 Å². The predicted octanol–water partition coefficient (Wildman–Crippen LogP) is 4.15. The van der Waals surface area contributed by atoms with E-state index in [1.165, 1.54) is 11.1 Å². The fraction of sp³-hybridized carbons (Fsp3) is 0.250. The number of rotatable bonds is 5. The Bertz CT molecular complexity index is 627. The summed E-state index contributed by atoms with van der Waals surface area (Å²) in [6, 6.07) is 10.1. The Balaban J connectivity index is 1.91. The number of aryl methyl sites for hydroxylation is 2. The van der Waals surface area contributed by atoms with E-state index in [0.717, 1.165) is 15.6 Å². The van der Waals surface area contributed by atoms with Crippen LogP contribution < -0.4 is 5.32 Å². The second-order valence-corrected chi connectivity index (χ2v) is 6.54. The minimum Gasteiger partial charge on any atom is -0.324 e. The lowest BCUT2D eigenvalue weighted by Crippen LogP contribution is -2.14. The number of carbonyl (C=O) groups is 1. The molecule has 1 aromatic carbocycles. The number of anilines is 1. The van der Waals surface area contributed by atoms with Gasteiger partial charge in [-0.05, 0) is 43.9 Å². The standard InChI is InChI=1S/C16H18N2OS2/c1-11-4-5-12(2)14(8-11)21-10-15(19)18-13-6-7-16(20-3)17-9-13/h4-9H,10H2,1-3H3,(H,18,19). The van der Waals surface area contributed by atoms with E-state index >= 15 is 0 Å². The van der Waals surface area contributed by atoms with Crippen LogP contribution in [0.25, 0.3) is 0 Å². The van der Waals surface area contributed by atoms with E-state index in [9.17, 15) is 4.79 Å². The first kappa shape index (κ1) is 15.9. The summed E-state index contributed by atoms with van der Waals surface area (Å²) in [7, 11) is 0. The van der Waals surface area contributed by atoms with E-state index < -0.39 is 0 Å². The number of aromatic nitrogens is 1. The van der Waals surface area contributed by atoms with Crippen LogP contribution >= 0.6 is 23.5 Å². The molecule has 2 aromatic rings. The lowest BCUT2D eigenvalue weighted by Gasteiger charge is -2.08. The molecule has 0 bridgehead atoms. The topological polar surface area (TPSA) is 42.0 Å².